The third kappa shape index (κ3) is 3.90. The van der Waals surface area contributed by atoms with Crippen LogP contribution in [0.25, 0.3) is 0 Å². The van der Waals surface area contributed by atoms with Crippen molar-refractivity contribution < 1.29 is 9.47 Å². The topological polar surface area (TPSA) is 42.5 Å². The summed E-state index contributed by atoms with van der Waals surface area (Å²) < 4.78 is 12.6. The number of para-hydroxylation sites is 2. The highest BCUT2D eigenvalue weighted by atomic mass is 79.9. The summed E-state index contributed by atoms with van der Waals surface area (Å²) >= 11 is 8.69. The fourth-order valence-electron chi connectivity index (χ4n) is 2.08. The van der Waals surface area contributed by atoms with Gasteiger partial charge in [0.2, 0.25) is 0 Å². The number of ether oxygens (including phenoxy) is 2. The Hall–Kier alpha value is -1.79. The molecule has 1 aliphatic heterocycles. The van der Waals surface area contributed by atoms with E-state index in [2.05, 4.69) is 26.6 Å². The van der Waals surface area contributed by atoms with Crippen LogP contribution in [0.3, 0.4) is 0 Å². The summed E-state index contributed by atoms with van der Waals surface area (Å²) in [6, 6.07) is 15.5. The largest absolute Gasteiger partial charge is 0.486 e. The van der Waals surface area contributed by atoms with Crippen molar-refractivity contribution in [2.45, 2.75) is 6.10 Å². The Kier molecular flexibility index (Phi) is 4.80. The highest BCUT2D eigenvalue weighted by Gasteiger charge is 2.20. The van der Waals surface area contributed by atoms with E-state index in [-0.39, 0.29) is 6.10 Å². The summed E-state index contributed by atoms with van der Waals surface area (Å²) in [6.07, 6.45) is -0.0698. The van der Waals surface area contributed by atoms with Gasteiger partial charge in [0.05, 0.1) is 6.54 Å². The Balaban J connectivity index is 1.49. The summed E-state index contributed by atoms with van der Waals surface area (Å²) in [4.78, 5) is 0. The van der Waals surface area contributed by atoms with Gasteiger partial charge >= 0.3 is 0 Å². The fourth-order valence-corrected chi connectivity index (χ4v) is 2.54. The van der Waals surface area contributed by atoms with E-state index in [4.69, 9.17) is 21.7 Å². The molecule has 6 heteroatoms. The molecule has 0 radical (unpaired) electrons. The fraction of sp³-hybridized carbons (Fsp3) is 0.188. The monoisotopic (exact) mass is 378 g/mol. The standard InChI is InChI=1S/C16H15BrN2O2S/c17-11-5-7-12(8-6-11)19-16(22)18-9-13-10-20-14-3-1-2-4-15(14)21-13/h1-8,13H,9-10H2,(H2,18,19,22)/t13-/m0/s1. The van der Waals surface area contributed by atoms with Crippen LogP contribution in [0.5, 0.6) is 11.5 Å². The van der Waals surface area contributed by atoms with E-state index >= 15 is 0 Å². The van der Waals surface area contributed by atoms with Gasteiger partial charge in [0, 0.05) is 10.2 Å². The molecule has 114 valence electrons. The van der Waals surface area contributed by atoms with Crippen molar-refractivity contribution in [2.24, 2.45) is 0 Å². The predicted octanol–water partition coefficient (Wildman–Crippen LogP) is 3.58. The average molecular weight is 379 g/mol. The van der Waals surface area contributed by atoms with Gasteiger partial charge in [-0.3, -0.25) is 0 Å². The number of halogens is 1. The molecule has 0 spiro atoms. The summed E-state index contributed by atoms with van der Waals surface area (Å²) in [5.41, 5.74) is 0.937. The molecular formula is C16H15BrN2O2S. The molecule has 1 aliphatic rings. The van der Waals surface area contributed by atoms with Gasteiger partial charge in [-0.15, -0.1) is 0 Å². The number of anilines is 1. The molecule has 0 amide bonds. The molecule has 0 fully saturated rings. The first-order chi connectivity index (χ1) is 10.7. The summed E-state index contributed by atoms with van der Waals surface area (Å²) in [7, 11) is 0. The highest BCUT2D eigenvalue weighted by molar-refractivity contribution is 9.10. The van der Waals surface area contributed by atoms with Crippen LogP contribution in [0.1, 0.15) is 0 Å². The van der Waals surface area contributed by atoms with Crippen LogP contribution in [0.2, 0.25) is 0 Å². The molecule has 2 N–H and O–H groups in total. The zero-order valence-electron chi connectivity index (χ0n) is 11.7. The van der Waals surface area contributed by atoms with Crippen LogP contribution in [0, 0.1) is 0 Å². The van der Waals surface area contributed by atoms with E-state index in [0.29, 0.717) is 18.3 Å². The number of nitrogens with one attached hydrogen (secondary N) is 2. The second-order valence-corrected chi connectivity index (χ2v) is 6.16. The van der Waals surface area contributed by atoms with Gasteiger partial charge in [-0.25, -0.2) is 0 Å². The molecule has 2 aromatic carbocycles. The van der Waals surface area contributed by atoms with E-state index in [1.54, 1.807) is 0 Å². The molecule has 1 heterocycles. The molecule has 0 aromatic heterocycles. The van der Waals surface area contributed by atoms with Crippen LogP contribution < -0.4 is 20.1 Å². The summed E-state index contributed by atoms with van der Waals surface area (Å²) in [5, 5.41) is 6.84. The van der Waals surface area contributed by atoms with Crippen molar-refractivity contribution in [1.82, 2.24) is 5.32 Å². The molecule has 0 saturated heterocycles. The number of benzene rings is 2. The van der Waals surface area contributed by atoms with Gasteiger partial charge in [0.1, 0.15) is 12.7 Å². The first-order valence-electron chi connectivity index (χ1n) is 6.89. The maximum Gasteiger partial charge on any atom is 0.170 e. The SMILES string of the molecule is S=C(NC[C@H]1COc2ccccc2O1)Nc1ccc(Br)cc1. The van der Waals surface area contributed by atoms with E-state index in [0.717, 1.165) is 21.7 Å². The number of hydrogen-bond donors (Lipinski definition) is 2. The Morgan fingerprint density at radius 2 is 1.86 bits per heavy atom. The number of fused-ring (bicyclic) bond motifs is 1. The van der Waals surface area contributed by atoms with Crippen LogP contribution in [-0.4, -0.2) is 24.4 Å². The second kappa shape index (κ2) is 6.98. The molecule has 3 rings (SSSR count). The van der Waals surface area contributed by atoms with Gasteiger partial charge < -0.3 is 20.1 Å². The minimum Gasteiger partial charge on any atom is -0.486 e. The zero-order chi connectivity index (χ0) is 15.4. The van der Waals surface area contributed by atoms with Gasteiger partial charge in [-0.2, -0.15) is 0 Å². The van der Waals surface area contributed by atoms with E-state index < -0.39 is 0 Å². The van der Waals surface area contributed by atoms with Crippen LogP contribution >= 0.6 is 28.1 Å². The number of rotatable bonds is 3. The molecular weight excluding hydrogens is 364 g/mol. The van der Waals surface area contributed by atoms with Crippen LogP contribution in [-0.2, 0) is 0 Å². The lowest BCUT2D eigenvalue weighted by molar-refractivity contribution is 0.0939. The van der Waals surface area contributed by atoms with E-state index in [1.807, 2.05) is 48.5 Å². The van der Waals surface area contributed by atoms with Crippen molar-refractivity contribution >= 4 is 38.9 Å². The predicted molar refractivity (Wildman–Crippen MR) is 94.7 cm³/mol. The van der Waals surface area contributed by atoms with Crippen molar-refractivity contribution in [3.8, 4) is 11.5 Å². The van der Waals surface area contributed by atoms with E-state index in [9.17, 15) is 0 Å². The number of hydrogen-bond acceptors (Lipinski definition) is 3. The molecule has 2 aromatic rings. The molecule has 1 atom stereocenters. The normalized spacial score (nSPS) is 16.0. The van der Waals surface area contributed by atoms with Crippen LogP contribution in [0.15, 0.2) is 53.0 Å². The molecule has 0 aliphatic carbocycles. The van der Waals surface area contributed by atoms with Gasteiger partial charge in [0.15, 0.2) is 16.6 Å². The summed E-state index contributed by atoms with van der Waals surface area (Å²) in [5.74, 6) is 1.56. The minimum atomic E-state index is -0.0698. The van der Waals surface area contributed by atoms with Crippen LogP contribution in [0.4, 0.5) is 5.69 Å². The Morgan fingerprint density at radius 3 is 2.64 bits per heavy atom. The number of thiocarbonyl (C=S) groups is 1. The quantitative estimate of drug-likeness (QED) is 0.799. The van der Waals surface area contributed by atoms with Gasteiger partial charge in [0.25, 0.3) is 0 Å². The van der Waals surface area contributed by atoms with Crippen molar-refractivity contribution in [3.63, 3.8) is 0 Å². The molecule has 0 saturated carbocycles. The highest BCUT2D eigenvalue weighted by Crippen LogP contribution is 2.30. The smallest absolute Gasteiger partial charge is 0.170 e. The average Bonchev–Trinajstić information content (AvgIpc) is 2.55. The maximum atomic E-state index is 5.87. The van der Waals surface area contributed by atoms with Gasteiger partial charge in [-0.05, 0) is 48.6 Å². The Morgan fingerprint density at radius 1 is 1.14 bits per heavy atom. The lowest BCUT2D eigenvalue weighted by Gasteiger charge is -2.27. The molecule has 0 bridgehead atoms. The lowest BCUT2D eigenvalue weighted by atomic mass is 10.2. The third-order valence-electron chi connectivity index (χ3n) is 3.16. The minimum absolute atomic E-state index is 0.0698. The molecule has 4 nitrogen and oxygen atoms in total. The zero-order valence-corrected chi connectivity index (χ0v) is 14.1. The third-order valence-corrected chi connectivity index (χ3v) is 3.93. The van der Waals surface area contributed by atoms with Crippen molar-refractivity contribution in [3.05, 3.63) is 53.0 Å². The van der Waals surface area contributed by atoms with Crippen molar-refractivity contribution in [1.29, 1.82) is 0 Å². The maximum absolute atomic E-state index is 5.87. The first-order valence-corrected chi connectivity index (χ1v) is 8.10. The second-order valence-electron chi connectivity index (χ2n) is 4.84. The Bertz CT molecular complexity index is 663. The molecule has 22 heavy (non-hydrogen) atoms. The lowest BCUT2D eigenvalue weighted by Crippen LogP contribution is -2.42. The first kappa shape index (κ1) is 15.1. The van der Waals surface area contributed by atoms with Crippen molar-refractivity contribution in [2.75, 3.05) is 18.5 Å². The Labute approximate surface area is 142 Å². The summed E-state index contributed by atoms with van der Waals surface area (Å²) in [6.45, 7) is 1.08. The molecule has 0 unspecified atom stereocenters. The van der Waals surface area contributed by atoms with E-state index in [1.165, 1.54) is 0 Å². The van der Waals surface area contributed by atoms with Gasteiger partial charge in [-0.1, -0.05) is 28.1 Å².